The number of carbonyl (C=O) groups is 3. The third-order valence-electron chi connectivity index (χ3n) is 4.89. The standard InChI is InChI=1S/C23H20BrN3O4S/c1-13-8-9-17(16(24)10-13)26-18(28)12-32-22-15(11-25)19(14-6-4-3-5-7-14)20(21(29)27-22)23(30)31-2/h3-10,19-20H,12H2,1-2H3,(H,26,28)(H,27,29)/t19-,20+/m1/s1. The summed E-state index contributed by atoms with van der Waals surface area (Å²) in [5, 5.41) is 15.6. The highest BCUT2D eigenvalue weighted by atomic mass is 79.9. The Labute approximate surface area is 198 Å². The summed E-state index contributed by atoms with van der Waals surface area (Å²) in [6.07, 6.45) is 0. The summed E-state index contributed by atoms with van der Waals surface area (Å²) in [4.78, 5) is 37.6. The molecule has 1 heterocycles. The lowest BCUT2D eigenvalue weighted by atomic mass is 9.78. The van der Waals surface area contributed by atoms with Gasteiger partial charge >= 0.3 is 5.97 Å². The number of nitrogens with zero attached hydrogens (tertiary/aromatic N) is 1. The van der Waals surface area contributed by atoms with Crippen molar-refractivity contribution in [3.63, 3.8) is 0 Å². The molecule has 2 atom stereocenters. The fourth-order valence-electron chi connectivity index (χ4n) is 3.39. The quantitative estimate of drug-likeness (QED) is 0.448. The molecular formula is C23H20BrN3O4S. The number of nitrogens with one attached hydrogen (secondary N) is 2. The number of esters is 1. The number of nitriles is 1. The fraction of sp³-hybridized carbons (Fsp3) is 0.217. The SMILES string of the molecule is COC(=O)[C@@H]1C(=O)NC(SCC(=O)Nc2ccc(C)cc2Br)=C(C#N)[C@H]1c1ccccc1. The third kappa shape index (κ3) is 5.21. The summed E-state index contributed by atoms with van der Waals surface area (Å²) in [6, 6.07) is 16.5. The minimum Gasteiger partial charge on any atom is -0.468 e. The molecule has 1 aliphatic rings. The zero-order valence-electron chi connectivity index (χ0n) is 17.3. The lowest BCUT2D eigenvalue weighted by Crippen LogP contribution is -2.44. The Bertz CT molecular complexity index is 1130. The van der Waals surface area contributed by atoms with Gasteiger partial charge in [0.1, 0.15) is 5.92 Å². The van der Waals surface area contributed by atoms with E-state index < -0.39 is 23.7 Å². The molecule has 1 aliphatic heterocycles. The Balaban J connectivity index is 1.86. The molecule has 0 aromatic heterocycles. The van der Waals surface area contributed by atoms with Gasteiger partial charge in [0.2, 0.25) is 11.8 Å². The average Bonchev–Trinajstić information content (AvgIpc) is 2.79. The molecule has 0 spiro atoms. The molecule has 0 aliphatic carbocycles. The second-order valence-corrected chi connectivity index (χ2v) is 8.89. The molecule has 2 aromatic carbocycles. The number of aryl methyl sites for hydroxylation is 1. The van der Waals surface area contributed by atoms with Gasteiger partial charge in [0.05, 0.1) is 35.2 Å². The van der Waals surface area contributed by atoms with Crippen LogP contribution in [0.3, 0.4) is 0 Å². The maximum atomic E-state index is 12.8. The number of hydrogen-bond donors (Lipinski definition) is 2. The van der Waals surface area contributed by atoms with Crippen molar-refractivity contribution in [3.8, 4) is 6.07 Å². The van der Waals surface area contributed by atoms with Crippen molar-refractivity contribution in [1.29, 1.82) is 5.26 Å². The first-order valence-electron chi connectivity index (χ1n) is 9.62. The lowest BCUT2D eigenvalue weighted by molar-refractivity contribution is -0.150. The molecule has 2 aromatic rings. The van der Waals surface area contributed by atoms with Gasteiger partial charge < -0.3 is 15.4 Å². The van der Waals surface area contributed by atoms with Crippen molar-refractivity contribution in [3.05, 3.63) is 74.7 Å². The van der Waals surface area contributed by atoms with E-state index in [0.717, 1.165) is 21.8 Å². The van der Waals surface area contributed by atoms with Crippen LogP contribution in [-0.4, -0.2) is 30.6 Å². The Morgan fingerprint density at radius 3 is 2.59 bits per heavy atom. The number of hydrogen-bond acceptors (Lipinski definition) is 6. The smallest absolute Gasteiger partial charge is 0.319 e. The highest BCUT2D eigenvalue weighted by Crippen LogP contribution is 2.40. The van der Waals surface area contributed by atoms with Crippen molar-refractivity contribution in [1.82, 2.24) is 5.32 Å². The summed E-state index contributed by atoms with van der Waals surface area (Å²) >= 11 is 4.45. The number of anilines is 1. The Morgan fingerprint density at radius 2 is 1.97 bits per heavy atom. The molecule has 0 radical (unpaired) electrons. The van der Waals surface area contributed by atoms with Crippen LogP contribution < -0.4 is 10.6 Å². The van der Waals surface area contributed by atoms with Crippen LogP contribution in [0.25, 0.3) is 0 Å². The number of amides is 2. The topological polar surface area (TPSA) is 108 Å². The highest BCUT2D eigenvalue weighted by Gasteiger charge is 2.44. The van der Waals surface area contributed by atoms with Crippen molar-refractivity contribution >= 4 is 51.2 Å². The summed E-state index contributed by atoms with van der Waals surface area (Å²) in [5.74, 6) is -3.64. The predicted octanol–water partition coefficient (Wildman–Crippen LogP) is 3.87. The second kappa shape index (κ2) is 10.5. The Hall–Kier alpha value is -3.09. The number of rotatable bonds is 6. The number of thioether (sulfide) groups is 1. The molecule has 164 valence electrons. The first-order valence-corrected chi connectivity index (χ1v) is 11.4. The van der Waals surface area contributed by atoms with Gasteiger partial charge in [-0.2, -0.15) is 5.26 Å². The number of benzene rings is 2. The van der Waals surface area contributed by atoms with Crippen molar-refractivity contribution in [2.45, 2.75) is 12.8 Å². The van der Waals surface area contributed by atoms with E-state index in [9.17, 15) is 19.6 Å². The number of methoxy groups -OCH3 is 1. The lowest BCUT2D eigenvalue weighted by Gasteiger charge is -2.30. The van der Waals surface area contributed by atoms with E-state index in [-0.39, 0.29) is 22.3 Å². The van der Waals surface area contributed by atoms with Gasteiger partial charge in [-0.05, 0) is 46.1 Å². The molecule has 2 N–H and O–H groups in total. The van der Waals surface area contributed by atoms with Gasteiger partial charge in [-0.15, -0.1) is 0 Å². The molecule has 3 rings (SSSR count). The van der Waals surface area contributed by atoms with Crippen LogP contribution in [0.15, 0.2) is 63.6 Å². The van der Waals surface area contributed by atoms with Gasteiger partial charge in [0, 0.05) is 10.4 Å². The maximum Gasteiger partial charge on any atom is 0.319 e. The van der Waals surface area contributed by atoms with E-state index >= 15 is 0 Å². The van der Waals surface area contributed by atoms with Gasteiger partial charge in [-0.1, -0.05) is 48.2 Å². The summed E-state index contributed by atoms with van der Waals surface area (Å²) in [5.41, 5.74) is 2.52. The molecule has 7 nitrogen and oxygen atoms in total. The van der Waals surface area contributed by atoms with Crippen LogP contribution in [0.2, 0.25) is 0 Å². The van der Waals surface area contributed by atoms with Crippen molar-refractivity contribution in [2.24, 2.45) is 5.92 Å². The molecular weight excluding hydrogens is 494 g/mol. The largest absolute Gasteiger partial charge is 0.468 e. The van der Waals surface area contributed by atoms with Gasteiger partial charge in [-0.25, -0.2) is 0 Å². The maximum absolute atomic E-state index is 12.8. The molecule has 0 saturated carbocycles. The van der Waals surface area contributed by atoms with Gasteiger partial charge in [0.15, 0.2) is 0 Å². The fourth-order valence-corrected chi connectivity index (χ4v) is 4.83. The van der Waals surface area contributed by atoms with E-state index in [4.69, 9.17) is 4.74 Å². The minimum absolute atomic E-state index is 0.0362. The molecule has 0 saturated heterocycles. The minimum atomic E-state index is -1.20. The summed E-state index contributed by atoms with van der Waals surface area (Å²) < 4.78 is 5.57. The van der Waals surface area contributed by atoms with Crippen LogP contribution in [0.5, 0.6) is 0 Å². The number of allylic oxidation sites excluding steroid dienone is 1. The zero-order valence-corrected chi connectivity index (χ0v) is 19.7. The summed E-state index contributed by atoms with van der Waals surface area (Å²) in [6.45, 7) is 1.94. The normalized spacial score (nSPS) is 17.9. The van der Waals surface area contributed by atoms with E-state index in [2.05, 4.69) is 32.6 Å². The van der Waals surface area contributed by atoms with Crippen LogP contribution in [0.1, 0.15) is 17.0 Å². The molecule has 0 fully saturated rings. The Kier molecular flexibility index (Phi) is 7.72. The van der Waals surface area contributed by atoms with Crippen LogP contribution in [-0.2, 0) is 19.1 Å². The van der Waals surface area contributed by atoms with Gasteiger partial charge in [0.25, 0.3) is 0 Å². The highest BCUT2D eigenvalue weighted by molar-refractivity contribution is 9.10. The molecule has 0 bridgehead atoms. The number of halogens is 1. The molecule has 2 amide bonds. The van der Waals surface area contributed by atoms with E-state index in [1.807, 2.05) is 19.1 Å². The zero-order chi connectivity index (χ0) is 23.3. The van der Waals surface area contributed by atoms with Crippen LogP contribution in [0, 0.1) is 24.2 Å². The third-order valence-corrected chi connectivity index (χ3v) is 6.56. The number of carbonyl (C=O) groups excluding carboxylic acids is 3. The molecule has 9 heteroatoms. The average molecular weight is 514 g/mol. The first-order chi connectivity index (χ1) is 15.3. The number of ether oxygens (including phenoxy) is 1. The van der Waals surface area contributed by atoms with Crippen molar-refractivity contribution in [2.75, 3.05) is 18.2 Å². The molecule has 32 heavy (non-hydrogen) atoms. The van der Waals surface area contributed by atoms with Crippen LogP contribution >= 0.6 is 27.7 Å². The Morgan fingerprint density at radius 1 is 1.25 bits per heavy atom. The van der Waals surface area contributed by atoms with E-state index in [1.54, 1.807) is 36.4 Å². The monoisotopic (exact) mass is 513 g/mol. The van der Waals surface area contributed by atoms with Crippen LogP contribution in [0.4, 0.5) is 5.69 Å². The second-order valence-electron chi connectivity index (χ2n) is 7.05. The van der Waals surface area contributed by atoms with Crippen molar-refractivity contribution < 1.29 is 19.1 Å². The van der Waals surface area contributed by atoms with Gasteiger partial charge in [-0.3, -0.25) is 14.4 Å². The van der Waals surface area contributed by atoms with E-state index in [0.29, 0.717) is 11.3 Å². The molecule has 0 unspecified atom stereocenters. The first kappa shape index (κ1) is 23.6. The van der Waals surface area contributed by atoms with E-state index in [1.165, 1.54) is 7.11 Å². The predicted molar refractivity (Wildman–Crippen MR) is 125 cm³/mol. The summed E-state index contributed by atoms with van der Waals surface area (Å²) in [7, 11) is 1.20.